The Hall–Kier alpha value is -3.39. The van der Waals surface area contributed by atoms with Crippen LogP contribution < -0.4 is 16.0 Å². The van der Waals surface area contributed by atoms with Gasteiger partial charge in [-0.3, -0.25) is 9.59 Å². The summed E-state index contributed by atoms with van der Waals surface area (Å²) in [4.78, 5) is 50.1. The number of halogens is 1. The van der Waals surface area contributed by atoms with Gasteiger partial charge in [0.15, 0.2) is 0 Å². The van der Waals surface area contributed by atoms with Crippen LogP contribution in [-0.4, -0.2) is 42.8 Å². The summed E-state index contributed by atoms with van der Waals surface area (Å²) in [6, 6.07) is 15.0. The fourth-order valence-electron chi connectivity index (χ4n) is 4.89. The summed E-state index contributed by atoms with van der Waals surface area (Å²) in [5.41, 5.74) is 1.01. The van der Waals surface area contributed by atoms with E-state index in [2.05, 4.69) is 16.0 Å². The molecule has 1 heterocycles. The number of ether oxygens (including phenoxy) is 1. The van der Waals surface area contributed by atoms with Crippen LogP contribution in [0.25, 0.3) is 0 Å². The van der Waals surface area contributed by atoms with Crippen LogP contribution in [0.1, 0.15) is 64.2 Å². The molecule has 1 saturated heterocycles. The smallest absolute Gasteiger partial charge is 0.408 e. The van der Waals surface area contributed by atoms with Crippen LogP contribution in [0.5, 0.6) is 0 Å². The van der Waals surface area contributed by atoms with Crippen LogP contribution in [-0.2, 0) is 24.5 Å². The van der Waals surface area contributed by atoms with Crippen molar-refractivity contribution in [2.75, 3.05) is 6.54 Å². The average Bonchev–Trinajstić information content (AvgIpc) is 3.30. The first-order valence-electron chi connectivity index (χ1n) is 13.3. The number of carbonyl (C=O) groups is 4. The maximum atomic E-state index is 13.3. The molecule has 1 aliphatic rings. The second-order valence-corrected chi connectivity index (χ2v) is 11.5. The van der Waals surface area contributed by atoms with Crippen molar-refractivity contribution >= 4 is 35.8 Å². The third kappa shape index (κ3) is 8.30. The molecule has 0 spiro atoms. The molecule has 1 aliphatic heterocycles. The Balaban J connectivity index is 1.77. The molecule has 0 bridgehead atoms. The highest BCUT2D eigenvalue weighted by Gasteiger charge is 2.37. The lowest BCUT2D eigenvalue weighted by Gasteiger charge is -2.35. The Morgan fingerprint density at radius 3 is 2.44 bits per heavy atom. The lowest BCUT2D eigenvalue weighted by Crippen LogP contribution is -2.51. The first-order chi connectivity index (χ1) is 18.5. The Bertz CT molecular complexity index is 1150. The summed E-state index contributed by atoms with van der Waals surface area (Å²) in [6.07, 6.45) is 0.352. The van der Waals surface area contributed by atoms with Crippen molar-refractivity contribution in [3.05, 3.63) is 70.7 Å². The van der Waals surface area contributed by atoms with Crippen LogP contribution in [0, 0.1) is 11.8 Å². The monoisotopic (exact) mass is 555 g/mol. The van der Waals surface area contributed by atoms with Crippen molar-refractivity contribution in [1.29, 1.82) is 0 Å². The highest BCUT2D eigenvalue weighted by Crippen LogP contribution is 2.40. The zero-order valence-corrected chi connectivity index (χ0v) is 23.7. The van der Waals surface area contributed by atoms with E-state index in [4.69, 9.17) is 16.3 Å². The van der Waals surface area contributed by atoms with Crippen molar-refractivity contribution < 1.29 is 23.9 Å². The van der Waals surface area contributed by atoms with Gasteiger partial charge in [-0.1, -0.05) is 81.8 Å². The quantitative estimate of drug-likeness (QED) is 0.328. The van der Waals surface area contributed by atoms with Crippen LogP contribution in [0.2, 0.25) is 5.02 Å². The number of hydrogen-bond acceptors (Lipinski definition) is 5. The third-order valence-corrected chi connectivity index (χ3v) is 7.30. The normalized spacial score (nSPS) is 17.6. The Morgan fingerprint density at radius 1 is 1.13 bits per heavy atom. The number of amides is 3. The minimum absolute atomic E-state index is 0.0733. The van der Waals surface area contributed by atoms with Gasteiger partial charge in [0.05, 0.1) is 6.04 Å². The average molecular weight is 556 g/mol. The first-order valence-corrected chi connectivity index (χ1v) is 13.7. The van der Waals surface area contributed by atoms with Crippen LogP contribution in [0.3, 0.4) is 0 Å². The minimum Gasteiger partial charge on any atom is -0.440 e. The van der Waals surface area contributed by atoms with Crippen LogP contribution >= 0.6 is 11.6 Å². The number of aldehydes is 1. The second kappa shape index (κ2) is 13.6. The van der Waals surface area contributed by atoms with Gasteiger partial charge < -0.3 is 25.5 Å². The van der Waals surface area contributed by atoms with E-state index in [1.165, 1.54) is 0 Å². The molecule has 0 saturated carbocycles. The zero-order valence-electron chi connectivity index (χ0n) is 22.9. The molecule has 0 aromatic heterocycles. The van der Waals surface area contributed by atoms with Gasteiger partial charge in [-0.25, -0.2) is 4.79 Å². The molecule has 0 aliphatic carbocycles. The van der Waals surface area contributed by atoms with E-state index in [-0.39, 0.29) is 24.2 Å². The molecule has 4 atom stereocenters. The standard InChI is InChI=1S/C30H38ClN3O5/c1-19(2)15-25(28(37)33-24(18-35)16-21-13-14-32-27(21)36)34-29(38)39-26(20-9-6-5-7-10-20)30(3,4)22-11-8-12-23(31)17-22/h5-12,17-19,21,24-26H,13-16H2,1-4H3,(H,32,36)(H,33,37)(H,34,38)/t21-,24-,25-,26?/m0/s1. The maximum Gasteiger partial charge on any atom is 0.408 e. The van der Waals surface area contributed by atoms with E-state index < -0.39 is 35.6 Å². The molecule has 1 unspecified atom stereocenters. The summed E-state index contributed by atoms with van der Waals surface area (Å²) >= 11 is 6.26. The van der Waals surface area contributed by atoms with Crippen molar-refractivity contribution in [1.82, 2.24) is 16.0 Å². The molecule has 39 heavy (non-hydrogen) atoms. The Kier molecular flexibility index (Phi) is 10.5. The zero-order chi connectivity index (χ0) is 28.6. The molecular weight excluding hydrogens is 518 g/mol. The topological polar surface area (TPSA) is 114 Å². The molecule has 0 radical (unpaired) electrons. The van der Waals surface area contributed by atoms with Gasteiger partial charge in [-0.05, 0) is 48.4 Å². The highest BCUT2D eigenvalue weighted by atomic mass is 35.5. The summed E-state index contributed by atoms with van der Waals surface area (Å²) < 4.78 is 6.02. The molecule has 8 nitrogen and oxygen atoms in total. The highest BCUT2D eigenvalue weighted by molar-refractivity contribution is 6.30. The van der Waals surface area contributed by atoms with E-state index in [0.29, 0.717) is 30.7 Å². The lowest BCUT2D eigenvalue weighted by atomic mass is 9.76. The molecule has 1 fully saturated rings. The number of hydrogen-bond donors (Lipinski definition) is 3. The predicted molar refractivity (Wildman–Crippen MR) is 150 cm³/mol. The number of rotatable bonds is 12. The molecule has 2 aromatic rings. The van der Waals surface area contributed by atoms with Crippen LogP contribution in [0.4, 0.5) is 4.79 Å². The van der Waals surface area contributed by atoms with Crippen molar-refractivity contribution in [3.63, 3.8) is 0 Å². The summed E-state index contributed by atoms with van der Waals surface area (Å²) in [6.45, 7) is 8.36. The van der Waals surface area contributed by atoms with Gasteiger partial charge in [0, 0.05) is 22.9 Å². The Morgan fingerprint density at radius 2 is 1.85 bits per heavy atom. The fourth-order valence-corrected chi connectivity index (χ4v) is 5.09. The summed E-state index contributed by atoms with van der Waals surface area (Å²) in [5.74, 6) is -0.876. The summed E-state index contributed by atoms with van der Waals surface area (Å²) in [5, 5.41) is 8.73. The molecule has 3 amide bonds. The van der Waals surface area contributed by atoms with Gasteiger partial charge in [-0.15, -0.1) is 0 Å². The number of alkyl carbamates (subject to hydrolysis) is 1. The van der Waals surface area contributed by atoms with Crippen molar-refractivity contribution in [2.45, 2.75) is 70.6 Å². The van der Waals surface area contributed by atoms with E-state index in [1.54, 1.807) is 6.07 Å². The van der Waals surface area contributed by atoms with Crippen molar-refractivity contribution in [2.24, 2.45) is 11.8 Å². The van der Waals surface area contributed by atoms with Gasteiger partial charge in [-0.2, -0.15) is 0 Å². The maximum absolute atomic E-state index is 13.3. The van der Waals surface area contributed by atoms with Gasteiger partial charge >= 0.3 is 6.09 Å². The van der Waals surface area contributed by atoms with Crippen LogP contribution in [0.15, 0.2) is 54.6 Å². The predicted octanol–water partition coefficient (Wildman–Crippen LogP) is 4.71. The first kappa shape index (κ1) is 30.2. The second-order valence-electron chi connectivity index (χ2n) is 11.0. The molecule has 3 N–H and O–H groups in total. The van der Waals surface area contributed by atoms with Gasteiger partial charge in [0.25, 0.3) is 0 Å². The molecule has 210 valence electrons. The minimum atomic E-state index is -0.928. The lowest BCUT2D eigenvalue weighted by molar-refractivity contribution is -0.127. The molecule has 3 rings (SSSR count). The van der Waals surface area contributed by atoms with E-state index in [9.17, 15) is 19.2 Å². The van der Waals surface area contributed by atoms with Gasteiger partial charge in [0.1, 0.15) is 18.4 Å². The molecule has 2 aromatic carbocycles. The number of benzene rings is 2. The van der Waals surface area contributed by atoms with E-state index in [1.807, 2.05) is 76.2 Å². The van der Waals surface area contributed by atoms with E-state index >= 15 is 0 Å². The molecule has 9 heteroatoms. The largest absolute Gasteiger partial charge is 0.440 e. The number of carbonyl (C=O) groups excluding carboxylic acids is 4. The Labute approximate surface area is 235 Å². The third-order valence-electron chi connectivity index (χ3n) is 7.06. The van der Waals surface area contributed by atoms with Crippen molar-refractivity contribution in [3.8, 4) is 0 Å². The van der Waals surface area contributed by atoms with Gasteiger partial charge in [0.2, 0.25) is 11.8 Å². The SMILES string of the molecule is CC(C)C[C@H](NC(=O)OC(c1ccccc1)C(C)(C)c1cccc(Cl)c1)C(=O)N[C@H](C=O)C[C@@H]1CCNC1=O. The molecular formula is C30H38ClN3O5. The van der Waals surface area contributed by atoms with E-state index in [0.717, 1.165) is 11.1 Å². The number of nitrogens with one attached hydrogen (secondary N) is 3. The fraction of sp³-hybridized carbons (Fsp3) is 0.467. The summed E-state index contributed by atoms with van der Waals surface area (Å²) in [7, 11) is 0.